The van der Waals surface area contributed by atoms with E-state index in [0.29, 0.717) is 18.0 Å². The van der Waals surface area contributed by atoms with E-state index in [1.54, 1.807) is 14.2 Å². The summed E-state index contributed by atoms with van der Waals surface area (Å²) < 4.78 is 10.5. The predicted molar refractivity (Wildman–Crippen MR) is 115 cm³/mol. The number of ether oxygens (including phenoxy) is 2. The summed E-state index contributed by atoms with van der Waals surface area (Å²) in [5, 5.41) is 5.74. The van der Waals surface area contributed by atoms with Gasteiger partial charge in [0.25, 0.3) is 0 Å². The van der Waals surface area contributed by atoms with Crippen LogP contribution in [0.3, 0.4) is 0 Å². The number of hydrogen-bond donors (Lipinski definition) is 2. The molecule has 30 heavy (non-hydrogen) atoms. The monoisotopic (exact) mass is 409 g/mol. The zero-order valence-electron chi connectivity index (χ0n) is 17.4. The largest absolute Gasteiger partial charge is 0.493 e. The van der Waals surface area contributed by atoms with Gasteiger partial charge in [0, 0.05) is 30.4 Å². The average molecular weight is 409 g/mol. The van der Waals surface area contributed by atoms with Crippen LogP contribution in [0.1, 0.15) is 30.4 Å². The molecule has 2 aliphatic rings. The van der Waals surface area contributed by atoms with Crippen LogP contribution in [0.25, 0.3) is 0 Å². The third-order valence-corrected chi connectivity index (χ3v) is 5.55. The van der Waals surface area contributed by atoms with Gasteiger partial charge in [-0.3, -0.25) is 4.79 Å². The Morgan fingerprint density at radius 2 is 1.87 bits per heavy atom. The number of rotatable bonds is 6. The molecule has 2 N–H and O–H groups in total. The molecule has 1 aliphatic heterocycles. The van der Waals surface area contributed by atoms with E-state index in [-0.39, 0.29) is 17.9 Å². The zero-order chi connectivity index (χ0) is 21.1. The highest BCUT2D eigenvalue weighted by Gasteiger charge is 2.35. The molecule has 2 aromatic rings. The maximum absolute atomic E-state index is 12.5. The molecular weight excluding hydrogens is 382 g/mol. The van der Waals surface area contributed by atoms with Crippen molar-refractivity contribution in [3.8, 4) is 11.5 Å². The maximum atomic E-state index is 12.5. The summed E-state index contributed by atoms with van der Waals surface area (Å²) in [4.78, 5) is 26.8. The number of nitrogens with one attached hydrogen (secondary N) is 2. The third-order valence-electron chi connectivity index (χ3n) is 5.55. The number of carbonyl (C=O) groups excluding carboxylic acids is 2. The topological polar surface area (TPSA) is 79.9 Å². The molecule has 0 unspecified atom stereocenters. The smallest absolute Gasteiger partial charge is 0.319 e. The van der Waals surface area contributed by atoms with Crippen LogP contribution in [0, 0.1) is 5.92 Å². The van der Waals surface area contributed by atoms with E-state index in [1.807, 2.05) is 41.3 Å². The van der Waals surface area contributed by atoms with Gasteiger partial charge in [0.2, 0.25) is 5.91 Å². The van der Waals surface area contributed by atoms with E-state index in [4.69, 9.17) is 9.47 Å². The fraction of sp³-hybridized carbons (Fsp3) is 0.391. The van der Waals surface area contributed by atoms with Crippen LogP contribution in [-0.2, 0) is 17.8 Å². The summed E-state index contributed by atoms with van der Waals surface area (Å²) >= 11 is 0. The SMILES string of the molecule is COc1ccc(CNC(=O)Nc2ccc3c(c2)CCCN3C(=O)C2CC2)cc1OC. The molecule has 0 spiro atoms. The number of fused-ring (bicyclic) bond motifs is 1. The standard InChI is InChI=1S/C23H27N3O4/c1-29-20-10-5-15(12-21(20)30-2)14-24-23(28)25-18-8-9-19-17(13-18)4-3-11-26(19)22(27)16-6-7-16/h5,8-10,12-13,16H,3-4,6-7,11,14H2,1-2H3,(H2,24,25,28). The Morgan fingerprint density at radius 1 is 1.07 bits per heavy atom. The van der Waals surface area contributed by atoms with Crippen LogP contribution >= 0.6 is 0 Å². The van der Waals surface area contributed by atoms with Crippen molar-refractivity contribution in [2.45, 2.75) is 32.2 Å². The molecule has 1 heterocycles. The Bertz CT molecular complexity index is 955. The van der Waals surface area contributed by atoms with Crippen molar-refractivity contribution >= 4 is 23.3 Å². The van der Waals surface area contributed by atoms with E-state index >= 15 is 0 Å². The highest BCUT2D eigenvalue weighted by Crippen LogP contribution is 2.36. The van der Waals surface area contributed by atoms with E-state index in [1.165, 1.54) is 0 Å². The summed E-state index contributed by atoms with van der Waals surface area (Å²) in [6.07, 6.45) is 3.86. The van der Waals surface area contributed by atoms with Gasteiger partial charge in [-0.25, -0.2) is 4.79 Å². The lowest BCUT2D eigenvalue weighted by atomic mass is 10.0. The van der Waals surface area contributed by atoms with E-state index < -0.39 is 0 Å². The van der Waals surface area contributed by atoms with Gasteiger partial charge in [0.1, 0.15) is 0 Å². The van der Waals surface area contributed by atoms with Crippen LogP contribution in [0.15, 0.2) is 36.4 Å². The summed E-state index contributed by atoms with van der Waals surface area (Å²) in [6.45, 7) is 1.14. The lowest BCUT2D eigenvalue weighted by Gasteiger charge is -2.30. The van der Waals surface area contributed by atoms with E-state index in [2.05, 4.69) is 10.6 Å². The Morgan fingerprint density at radius 3 is 2.60 bits per heavy atom. The van der Waals surface area contributed by atoms with Crippen LogP contribution in [0.4, 0.5) is 16.2 Å². The van der Waals surface area contributed by atoms with Gasteiger partial charge < -0.3 is 25.0 Å². The third kappa shape index (κ3) is 4.35. The Balaban J connectivity index is 1.37. The van der Waals surface area contributed by atoms with Crippen LogP contribution in [-0.4, -0.2) is 32.7 Å². The molecular formula is C23H27N3O4. The quantitative estimate of drug-likeness (QED) is 0.762. The molecule has 2 aromatic carbocycles. The first-order valence-electron chi connectivity index (χ1n) is 10.3. The number of amides is 3. The highest BCUT2D eigenvalue weighted by molar-refractivity contribution is 5.98. The summed E-state index contributed by atoms with van der Waals surface area (Å²) in [7, 11) is 3.17. The van der Waals surface area contributed by atoms with Crippen LogP contribution < -0.4 is 25.0 Å². The first-order chi connectivity index (χ1) is 14.6. The molecule has 7 nitrogen and oxygen atoms in total. The first-order valence-corrected chi connectivity index (χ1v) is 10.3. The molecule has 7 heteroatoms. The molecule has 4 rings (SSSR count). The van der Waals surface area contributed by atoms with Gasteiger partial charge >= 0.3 is 6.03 Å². The predicted octanol–water partition coefficient (Wildman–Crippen LogP) is 3.71. The second-order valence-electron chi connectivity index (χ2n) is 7.71. The molecule has 3 amide bonds. The molecule has 0 atom stereocenters. The van der Waals surface area contributed by atoms with Gasteiger partial charge in [0.15, 0.2) is 11.5 Å². The summed E-state index contributed by atoms with van der Waals surface area (Å²) in [5.41, 5.74) is 3.71. The first kappa shape index (κ1) is 20.1. The van der Waals surface area contributed by atoms with Crippen molar-refractivity contribution in [3.05, 3.63) is 47.5 Å². The van der Waals surface area contributed by atoms with Crippen molar-refractivity contribution in [2.75, 3.05) is 31.0 Å². The maximum Gasteiger partial charge on any atom is 0.319 e. The van der Waals surface area contributed by atoms with E-state index in [0.717, 1.165) is 54.7 Å². The Kier molecular flexibility index (Phi) is 5.79. The lowest BCUT2D eigenvalue weighted by molar-refractivity contribution is -0.119. The van der Waals surface area contributed by atoms with Gasteiger partial charge in [0.05, 0.1) is 14.2 Å². The minimum absolute atomic E-state index is 0.205. The molecule has 0 saturated heterocycles. The number of carbonyl (C=O) groups is 2. The minimum atomic E-state index is -0.286. The number of hydrogen-bond acceptors (Lipinski definition) is 4. The Hall–Kier alpha value is -3.22. The van der Waals surface area contributed by atoms with E-state index in [9.17, 15) is 9.59 Å². The van der Waals surface area contributed by atoms with Crippen LogP contribution in [0.2, 0.25) is 0 Å². The molecule has 158 valence electrons. The zero-order valence-corrected chi connectivity index (χ0v) is 17.4. The summed E-state index contributed by atoms with van der Waals surface area (Å²) in [6, 6.07) is 11.0. The number of methoxy groups -OCH3 is 2. The fourth-order valence-corrected chi connectivity index (χ4v) is 3.80. The lowest BCUT2D eigenvalue weighted by Crippen LogP contribution is -2.36. The second-order valence-corrected chi connectivity index (χ2v) is 7.71. The molecule has 1 saturated carbocycles. The van der Waals surface area contributed by atoms with Gasteiger partial charge in [-0.2, -0.15) is 0 Å². The second kappa shape index (κ2) is 8.65. The van der Waals surface area contributed by atoms with Gasteiger partial charge in [-0.1, -0.05) is 6.07 Å². The van der Waals surface area contributed by atoms with Gasteiger partial charge in [-0.05, 0) is 67.1 Å². The highest BCUT2D eigenvalue weighted by atomic mass is 16.5. The minimum Gasteiger partial charge on any atom is -0.493 e. The molecule has 0 aromatic heterocycles. The van der Waals surface area contributed by atoms with Gasteiger partial charge in [-0.15, -0.1) is 0 Å². The van der Waals surface area contributed by atoms with Crippen molar-refractivity contribution in [1.29, 1.82) is 0 Å². The molecule has 1 fully saturated rings. The fourth-order valence-electron chi connectivity index (χ4n) is 3.80. The number of nitrogens with zero attached hydrogens (tertiary/aromatic N) is 1. The number of anilines is 2. The van der Waals surface area contributed by atoms with Crippen molar-refractivity contribution < 1.29 is 19.1 Å². The number of aryl methyl sites for hydroxylation is 1. The molecule has 0 radical (unpaired) electrons. The Labute approximate surface area is 176 Å². The number of benzene rings is 2. The van der Waals surface area contributed by atoms with Crippen LogP contribution in [0.5, 0.6) is 11.5 Å². The normalized spacial score (nSPS) is 15.2. The summed E-state index contributed by atoms with van der Waals surface area (Å²) in [5.74, 6) is 1.71. The average Bonchev–Trinajstić information content (AvgIpc) is 3.62. The molecule has 0 bridgehead atoms. The van der Waals surface area contributed by atoms with Crippen molar-refractivity contribution in [3.63, 3.8) is 0 Å². The van der Waals surface area contributed by atoms with Crippen molar-refractivity contribution in [2.24, 2.45) is 5.92 Å². The number of urea groups is 1. The molecule has 1 aliphatic carbocycles. The van der Waals surface area contributed by atoms with Crippen molar-refractivity contribution in [1.82, 2.24) is 5.32 Å².